The molecule has 0 aromatic rings. The molecule has 0 aromatic carbocycles. The highest BCUT2D eigenvalue weighted by atomic mass is 35.5. The summed E-state index contributed by atoms with van der Waals surface area (Å²) in [5.74, 6) is 0.313. The smallest absolute Gasteiger partial charge is 0.211 e. The molecule has 0 radical (unpaired) electrons. The average Bonchev–Trinajstić information content (AvgIpc) is 1.87. The zero-order valence-electron chi connectivity index (χ0n) is 6.33. The molecule has 1 unspecified atom stereocenters. The summed E-state index contributed by atoms with van der Waals surface area (Å²) < 4.78 is 23.7. The molecule has 0 spiro atoms. The van der Waals surface area contributed by atoms with Gasteiger partial charge in [-0.25, -0.2) is 8.78 Å². The standard InChI is InChI=1S/C7H13ClF2/c1-3-7(2,5-8)4-6(9)10/h6H,3-5H2,1-2H3. The minimum Gasteiger partial charge on any atom is -0.211 e. The number of rotatable bonds is 4. The van der Waals surface area contributed by atoms with E-state index in [1.54, 1.807) is 6.92 Å². The van der Waals surface area contributed by atoms with Crippen LogP contribution in [0.1, 0.15) is 26.7 Å². The fourth-order valence-corrected chi connectivity index (χ4v) is 0.964. The molecule has 0 nitrogen and oxygen atoms in total. The summed E-state index contributed by atoms with van der Waals surface area (Å²) in [6, 6.07) is 0. The van der Waals surface area contributed by atoms with Gasteiger partial charge in [-0.2, -0.15) is 0 Å². The van der Waals surface area contributed by atoms with Crippen molar-refractivity contribution in [1.29, 1.82) is 0 Å². The van der Waals surface area contributed by atoms with Gasteiger partial charge in [0.15, 0.2) is 0 Å². The Labute approximate surface area is 65.6 Å². The van der Waals surface area contributed by atoms with E-state index in [0.29, 0.717) is 12.3 Å². The molecule has 0 amide bonds. The summed E-state index contributed by atoms with van der Waals surface area (Å²) >= 11 is 5.52. The van der Waals surface area contributed by atoms with Gasteiger partial charge in [0.2, 0.25) is 6.43 Å². The molecule has 0 saturated carbocycles. The molecule has 3 heteroatoms. The number of hydrogen-bond acceptors (Lipinski definition) is 0. The molecule has 0 heterocycles. The van der Waals surface area contributed by atoms with Crippen molar-refractivity contribution >= 4 is 11.6 Å². The molecule has 0 N–H and O–H groups in total. The summed E-state index contributed by atoms with van der Waals surface area (Å²) in [7, 11) is 0. The SMILES string of the molecule is CCC(C)(CCl)CC(F)F. The quantitative estimate of drug-likeness (QED) is 0.568. The van der Waals surface area contributed by atoms with Gasteiger partial charge in [-0.1, -0.05) is 13.8 Å². The third kappa shape index (κ3) is 3.35. The summed E-state index contributed by atoms with van der Waals surface area (Å²) in [5, 5.41) is 0. The van der Waals surface area contributed by atoms with Crippen LogP contribution in [0.3, 0.4) is 0 Å². The van der Waals surface area contributed by atoms with Gasteiger partial charge in [-0.05, 0) is 11.8 Å². The lowest BCUT2D eigenvalue weighted by Gasteiger charge is -2.24. The van der Waals surface area contributed by atoms with E-state index in [9.17, 15) is 8.78 Å². The molecule has 0 aliphatic heterocycles. The van der Waals surface area contributed by atoms with Crippen LogP contribution >= 0.6 is 11.6 Å². The van der Waals surface area contributed by atoms with Gasteiger partial charge in [-0.3, -0.25) is 0 Å². The van der Waals surface area contributed by atoms with Crippen LogP contribution in [0, 0.1) is 5.41 Å². The van der Waals surface area contributed by atoms with Crippen LogP contribution in [0.15, 0.2) is 0 Å². The van der Waals surface area contributed by atoms with Crippen LogP contribution in [0.25, 0.3) is 0 Å². The lowest BCUT2D eigenvalue weighted by atomic mass is 9.86. The summed E-state index contributed by atoms with van der Waals surface area (Å²) in [4.78, 5) is 0. The Morgan fingerprint density at radius 2 is 2.00 bits per heavy atom. The van der Waals surface area contributed by atoms with Crippen LogP contribution < -0.4 is 0 Å². The second-order valence-corrected chi connectivity index (χ2v) is 3.16. The van der Waals surface area contributed by atoms with E-state index in [1.807, 2.05) is 6.92 Å². The second-order valence-electron chi connectivity index (χ2n) is 2.89. The van der Waals surface area contributed by atoms with E-state index in [2.05, 4.69) is 0 Å². The Balaban J connectivity index is 3.80. The molecular weight excluding hydrogens is 158 g/mol. The predicted octanol–water partition coefficient (Wildman–Crippen LogP) is 3.30. The topological polar surface area (TPSA) is 0 Å². The van der Waals surface area contributed by atoms with Crippen molar-refractivity contribution in [3.05, 3.63) is 0 Å². The molecule has 0 aliphatic rings. The lowest BCUT2D eigenvalue weighted by Crippen LogP contribution is -2.20. The Kier molecular flexibility index (Phi) is 4.18. The van der Waals surface area contributed by atoms with Crippen molar-refractivity contribution in [1.82, 2.24) is 0 Å². The minimum absolute atomic E-state index is 0.0903. The van der Waals surface area contributed by atoms with E-state index in [1.165, 1.54) is 0 Å². The maximum atomic E-state index is 11.8. The van der Waals surface area contributed by atoms with Crippen LogP contribution in [-0.2, 0) is 0 Å². The molecule has 1 atom stereocenters. The third-order valence-corrected chi connectivity index (χ3v) is 2.47. The number of hydrogen-bond donors (Lipinski definition) is 0. The molecule has 0 aromatic heterocycles. The van der Waals surface area contributed by atoms with E-state index >= 15 is 0 Å². The van der Waals surface area contributed by atoms with Crippen LogP contribution in [-0.4, -0.2) is 12.3 Å². The van der Waals surface area contributed by atoms with Gasteiger partial charge in [0.05, 0.1) is 0 Å². The van der Waals surface area contributed by atoms with E-state index < -0.39 is 6.43 Å². The Morgan fingerprint density at radius 3 is 2.10 bits per heavy atom. The first-order valence-electron chi connectivity index (χ1n) is 3.38. The molecule has 0 saturated heterocycles. The fourth-order valence-electron chi connectivity index (χ4n) is 0.666. The van der Waals surface area contributed by atoms with Gasteiger partial charge >= 0.3 is 0 Å². The Morgan fingerprint density at radius 1 is 1.50 bits per heavy atom. The number of alkyl halides is 3. The highest BCUT2D eigenvalue weighted by Crippen LogP contribution is 2.29. The average molecular weight is 171 g/mol. The molecule has 0 aliphatic carbocycles. The Bertz CT molecular complexity index is 89.6. The van der Waals surface area contributed by atoms with E-state index in [-0.39, 0.29) is 11.8 Å². The van der Waals surface area contributed by atoms with Gasteiger partial charge in [0, 0.05) is 12.3 Å². The molecule has 0 fully saturated rings. The molecule has 62 valence electrons. The highest BCUT2D eigenvalue weighted by molar-refractivity contribution is 6.18. The lowest BCUT2D eigenvalue weighted by molar-refractivity contribution is 0.0870. The monoisotopic (exact) mass is 170 g/mol. The second kappa shape index (κ2) is 4.12. The van der Waals surface area contributed by atoms with Crippen LogP contribution in [0.5, 0.6) is 0 Å². The van der Waals surface area contributed by atoms with Crippen LogP contribution in [0.2, 0.25) is 0 Å². The van der Waals surface area contributed by atoms with Crippen LogP contribution in [0.4, 0.5) is 8.78 Å². The minimum atomic E-state index is -2.23. The molecule has 0 rings (SSSR count). The third-order valence-electron chi connectivity index (χ3n) is 1.82. The Hall–Kier alpha value is 0.150. The van der Waals surface area contributed by atoms with Crippen molar-refractivity contribution in [2.75, 3.05) is 5.88 Å². The summed E-state index contributed by atoms with van der Waals surface area (Å²) in [6.07, 6.45) is -1.61. The molecular formula is C7H13ClF2. The molecule has 0 bridgehead atoms. The van der Waals surface area contributed by atoms with Crippen molar-refractivity contribution in [3.8, 4) is 0 Å². The maximum absolute atomic E-state index is 11.8. The number of halogens is 3. The van der Waals surface area contributed by atoms with E-state index in [0.717, 1.165) is 0 Å². The van der Waals surface area contributed by atoms with Crippen molar-refractivity contribution in [3.63, 3.8) is 0 Å². The first-order chi connectivity index (χ1) is 4.54. The highest BCUT2D eigenvalue weighted by Gasteiger charge is 2.25. The zero-order valence-corrected chi connectivity index (χ0v) is 7.09. The van der Waals surface area contributed by atoms with Gasteiger partial charge in [0.1, 0.15) is 0 Å². The van der Waals surface area contributed by atoms with Crippen molar-refractivity contribution in [2.45, 2.75) is 33.1 Å². The van der Waals surface area contributed by atoms with Crippen molar-refractivity contribution in [2.24, 2.45) is 5.41 Å². The van der Waals surface area contributed by atoms with Crippen molar-refractivity contribution < 1.29 is 8.78 Å². The maximum Gasteiger partial charge on any atom is 0.239 e. The van der Waals surface area contributed by atoms with Gasteiger partial charge < -0.3 is 0 Å². The predicted molar refractivity (Wildman–Crippen MR) is 39.7 cm³/mol. The largest absolute Gasteiger partial charge is 0.239 e. The zero-order chi connectivity index (χ0) is 8.20. The first-order valence-corrected chi connectivity index (χ1v) is 3.91. The normalized spacial score (nSPS) is 17.4. The fraction of sp³-hybridized carbons (Fsp3) is 1.00. The van der Waals surface area contributed by atoms with Gasteiger partial charge in [-0.15, -0.1) is 11.6 Å². The summed E-state index contributed by atoms with van der Waals surface area (Å²) in [5.41, 5.74) is -0.379. The van der Waals surface area contributed by atoms with E-state index in [4.69, 9.17) is 11.6 Å². The summed E-state index contributed by atoms with van der Waals surface area (Å²) in [6.45, 7) is 3.66. The van der Waals surface area contributed by atoms with Gasteiger partial charge in [0.25, 0.3) is 0 Å². The molecule has 10 heavy (non-hydrogen) atoms. The first kappa shape index (κ1) is 10.2.